The minimum atomic E-state index is -0.628. The predicted octanol–water partition coefficient (Wildman–Crippen LogP) is 3.77. The molecular weight excluding hydrogens is 323 g/mol. The Hall–Kier alpha value is -1.75. The molecular formula is C16H14Cl2N2O2. The molecule has 1 aliphatic carbocycles. The molecule has 0 saturated heterocycles. The maximum atomic E-state index is 12.1. The Labute approximate surface area is 138 Å². The largest absolute Gasteiger partial charge is 0.390 e. The normalized spacial score (nSPS) is 19.6. The van der Waals surface area contributed by atoms with Crippen LogP contribution in [0, 0.1) is 0 Å². The fourth-order valence-corrected chi connectivity index (χ4v) is 2.93. The molecule has 0 fully saturated rings. The fourth-order valence-electron chi connectivity index (χ4n) is 2.63. The van der Waals surface area contributed by atoms with Crippen LogP contribution < -0.4 is 10.6 Å². The molecule has 0 unspecified atom stereocenters. The first-order valence-electron chi connectivity index (χ1n) is 6.83. The number of amides is 2. The van der Waals surface area contributed by atoms with Gasteiger partial charge in [0.15, 0.2) is 0 Å². The van der Waals surface area contributed by atoms with Crippen molar-refractivity contribution in [3.8, 4) is 0 Å². The first kappa shape index (κ1) is 15.2. The standard InChI is InChI=1S/C16H14Cl2N2O2/c17-12-6-5-10(8-13(12)18)19-16(22)20-15-11-4-2-1-3-9(11)7-14(15)21/h1-6,8,14-15,21H,7H2,(H2,19,20,22)/t14-,15+/m0/s1. The van der Waals surface area contributed by atoms with Gasteiger partial charge in [0.25, 0.3) is 0 Å². The quantitative estimate of drug-likeness (QED) is 0.781. The lowest BCUT2D eigenvalue weighted by atomic mass is 10.1. The van der Waals surface area contributed by atoms with E-state index in [1.165, 1.54) is 0 Å². The van der Waals surface area contributed by atoms with Crippen LogP contribution >= 0.6 is 23.2 Å². The van der Waals surface area contributed by atoms with Crippen molar-refractivity contribution in [1.82, 2.24) is 5.32 Å². The second-order valence-corrected chi connectivity index (χ2v) is 5.99. The van der Waals surface area contributed by atoms with Gasteiger partial charge in [-0.15, -0.1) is 0 Å². The zero-order chi connectivity index (χ0) is 15.7. The van der Waals surface area contributed by atoms with Crippen molar-refractivity contribution in [2.24, 2.45) is 0 Å². The topological polar surface area (TPSA) is 61.4 Å². The third kappa shape index (κ3) is 3.04. The van der Waals surface area contributed by atoms with E-state index in [1.54, 1.807) is 18.2 Å². The number of urea groups is 1. The molecule has 0 aliphatic heterocycles. The highest BCUT2D eigenvalue weighted by Gasteiger charge is 2.31. The Kier molecular flexibility index (Phi) is 4.25. The maximum Gasteiger partial charge on any atom is 0.319 e. The molecule has 0 heterocycles. The van der Waals surface area contributed by atoms with E-state index in [0.717, 1.165) is 11.1 Å². The van der Waals surface area contributed by atoms with Gasteiger partial charge < -0.3 is 15.7 Å². The third-order valence-electron chi connectivity index (χ3n) is 3.67. The predicted molar refractivity (Wildman–Crippen MR) is 87.5 cm³/mol. The molecule has 6 heteroatoms. The number of fused-ring (bicyclic) bond motifs is 1. The molecule has 22 heavy (non-hydrogen) atoms. The zero-order valence-electron chi connectivity index (χ0n) is 11.5. The summed E-state index contributed by atoms with van der Waals surface area (Å²) in [5, 5.41) is 16.4. The number of hydrogen-bond acceptors (Lipinski definition) is 2. The summed E-state index contributed by atoms with van der Waals surface area (Å²) in [5.41, 5.74) is 2.53. The molecule has 0 aromatic heterocycles. The number of anilines is 1. The first-order chi connectivity index (χ1) is 10.5. The first-order valence-corrected chi connectivity index (χ1v) is 7.58. The van der Waals surface area contributed by atoms with Crippen molar-refractivity contribution in [3.63, 3.8) is 0 Å². The third-order valence-corrected chi connectivity index (χ3v) is 4.41. The molecule has 2 aromatic carbocycles. The Balaban J connectivity index is 1.70. The highest BCUT2D eigenvalue weighted by molar-refractivity contribution is 6.42. The van der Waals surface area contributed by atoms with Gasteiger partial charge in [-0.05, 0) is 29.3 Å². The van der Waals surface area contributed by atoms with Crippen LogP contribution in [0.2, 0.25) is 10.0 Å². The number of rotatable bonds is 2. The minimum absolute atomic E-state index is 0.366. The zero-order valence-corrected chi connectivity index (χ0v) is 13.0. The second-order valence-electron chi connectivity index (χ2n) is 5.18. The lowest BCUT2D eigenvalue weighted by Crippen LogP contribution is -2.36. The number of carbonyl (C=O) groups excluding carboxylic acids is 1. The van der Waals surface area contributed by atoms with Crippen LogP contribution in [0.5, 0.6) is 0 Å². The maximum absolute atomic E-state index is 12.1. The summed E-state index contributed by atoms with van der Waals surface area (Å²) in [5.74, 6) is 0. The Bertz CT molecular complexity index is 721. The van der Waals surface area contributed by atoms with Crippen LogP contribution in [0.3, 0.4) is 0 Å². The summed E-state index contributed by atoms with van der Waals surface area (Å²) in [6, 6.07) is 11.7. The molecule has 3 N–H and O–H groups in total. The molecule has 0 spiro atoms. The fraction of sp³-hybridized carbons (Fsp3) is 0.188. The molecule has 0 bridgehead atoms. The highest BCUT2D eigenvalue weighted by atomic mass is 35.5. The summed E-state index contributed by atoms with van der Waals surface area (Å²) < 4.78 is 0. The number of benzene rings is 2. The lowest BCUT2D eigenvalue weighted by molar-refractivity contribution is 0.144. The SMILES string of the molecule is O=C(Nc1ccc(Cl)c(Cl)c1)N[C@@H]1c2ccccc2C[C@@H]1O. The van der Waals surface area contributed by atoms with Crippen molar-refractivity contribution in [1.29, 1.82) is 0 Å². The van der Waals surface area contributed by atoms with Crippen molar-refractivity contribution in [2.45, 2.75) is 18.6 Å². The molecule has 114 valence electrons. The Morgan fingerprint density at radius 3 is 2.68 bits per heavy atom. The minimum Gasteiger partial charge on any atom is -0.390 e. The summed E-state index contributed by atoms with van der Waals surface area (Å²) in [6.45, 7) is 0. The van der Waals surface area contributed by atoms with Gasteiger partial charge in [-0.25, -0.2) is 4.79 Å². The van der Waals surface area contributed by atoms with Crippen LogP contribution in [0.15, 0.2) is 42.5 Å². The molecule has 2 atom stereocenters. The van der Waals surface area contributed by atoms with Gasteiger partial charge in [0.1, 0.15) is 0 Å². The molecule has 3 rings (SSSR count). The summed E-state index contributed by atoms with van der Waals surface area (Å²) >= 11 is 11.8. The molecule has 2 amide bonds. The average molecular weight is 337 g/mol. The van der Waals surface area contributed by atoms with Gasteiger partial charge in [0, 0.05) is 12.1 Å². The summed E-state index contributed by atoms with van der Waals surface area (Å²) in [7, 11) is 0. The molecule has 0 radical (unpaired) electrons. The van der Waals surface area contributed by atoms with Crippen molar-refractivity contribution in [2.75, 3.05) is 5.32 Å². The number of aliphatic hydroxyl groups is 1. The van der Waals surface area contributed by atoms with E-state index in [1.807, 2.05) is 24.3 Å². The summed E-state index contributed by atoms with van der Waals surface area (Å²) in [4.78, 5) is 12.1. The van der Waals surface area contributed by atoms with E-state index < -0.39 is 18.2 Å². The van der Waals surface area contributed by atoms with E-state index in [-0.39, 0.29) is 0 Å². The van der Waals surface area contributed by atoms with Crippen LogP contribution in [0.1, 0.15) is 17.2 Å². The van der Waals surface area contributed by atoms with Gasteiger partial charge in [-0.3, -0.25) is 0 Å². The van der Waals surface area contributed by atoms with Crippen molar-refractivity contribution < 1.29 is 9.90 Å². The van der Waals surface area contributed by atoms with Gasteiger partial charge >= 0.3 is 6.03 Å². The number of aliphatic hydroxyl groups excluding tert-OH is 1. The van der Waals surface area contributed by atoms with Gasteiger partial charge in [-0.1, -0.05) is 47.5 Å². The van der Waals surface area contributed by atoms with Crippen molar-refractivity contribution in [3.05, 3.63) is 63.6 Å². The van der Waals surface area contributed by atoms with Gasteiger partial charge in [0.2, 0.25) is 0 Å². The van der Waals surface area contributed by atoms with E-state index in [2.05, 4.69) is 10.6 Å². The smallest absolute Gasteiger partial charge is 0.319 e. The van der Waals surface area contributed by atoms with Crippen molar-refractivity contribution >= 4 is 34.9 Å². The van der Waals surface area contributed by atoms with Gasteiger partial charge in [-0.2, -0.15) is 0 Å². The van der Waals surface area contributed by atoms with Gasteiger partial charge in [0.05, 0.1) is 22.2 Å². The number of halogens is 2. The van der Waals surface area contributed by atoms with Crippen LogP contribution in [-0.4, -0.2) is 17.2 Å². The van der Waals surface area contributed by atoms with Crippen LogP contribution in [0.4, 0.5) is 10.5 Å². The van der Waals surface area contributed by atoms with E-state index in [4.69, 9.17) is 23.2 Å². The molecule has 0 saturated carbocycles. The van der Waals surface area contributed by atoms with E-state index >= 15 is 0 Å². The highest BCUT2D eigenvalue weighted by Crippen LogP contribution is 2.31. The van der Waals surface area contributed by atoms with E-state index in [0.29, 0.717) is 22.2 Å². The number of nitrogens with one attached hydrogen (secondary N) is 2. The Morgan fingerprint density at radius 1 is 1.14 bits per heavy atom. The second kappa shape index (κ2) is 6.16. The van der Waals surface area contributed by atoms with E-state index in [9.17, 15) is 9.90 Å². The monoisotopic (exact) mass is 336 g/mol. The molecule has 2 aromatic rings. The number of carbonyl (C=O) groups is 1. The van der Waals surface area contributed by atoms with Crippen LogP contribution in [-0.2, 0) is 6.42 Å². The summed E-state index contributed by atoms with van der Waals surface area (Å²) in [6.07, 6.45) is -0.0922. The lowest BCUT2D eigenvalue weighted by Gasteiger charge is -2.18. The molecule has 1 aliphatic rings. The number of hydrogen-bond donors (Lipinski definition) is 3. The average Bonchev–Trinajstić information content (AvgIpc) is 2.79. The molecule has 4 nitrogen and oxygen atoms in total. The van der Waals surface area contributed by atoms with Crippen LogP contribution in [0.25, 0.3) is 0 Å². The Morgan fingerprint density at radius 2 is 1.91 bits per heavy atom.